The van der Waals surface area contributed by atoms with Crippen LogP contribution in [0.3, 0.4) is 0 Å². The van der Waals surface area contributed by atoms with Gasteiger partial charge in [0.1, 0.15) is 0 Å². The number of hydrogen-bond donors (Lipinski definition) is 1. The molecule has 1 aliphatic rings. The Labute approximate surface area is 110 Å². The number of nitrogens with two attached hydrogens (primary N) is 1. The molecule has 2 heterocycles. The Morgan fingerprint density at radius 3 is 2.72 bits per heavy atom. The summed E-state index contributed by atoms with van der Waals surface area (Å²) in [6, 6.07) is 0.556. The van der Waals surface area contributed by atoms with Gasteiger partial charge in [-0.3, -0.25) is 4.68 Å². The van der Waals surface area contributed by atoms with E-state index in [-0.39, 0.29) is 0 Å². The molecule has 0 bridgehead atoms. The van der Waals surface area contributed by atoms with Crippen LogP contribution >= 0.6 is 0 Å². The molecule has 102 valence electrons. The first-order chi connectivity index (χ1) is 8.54. The minimum atomic E-state index is 0.556. The lowest BCUT2D eigenvalue weighted by atomic mass is 9.93. The molecule has 0 amide bonds. The highest BCUT2D eigenvalue weighted by molar-refractivity contribution is 5.67. The summed E-state index contributed by atoms with van der Waals surface area (Å²) in [6.45, 7) is 7.89. The van der Waals surface area contributed by atoms with Gasteiger partial charge in [0, 0.05) is 19.6 Å². The van der Waals surface area contributed by atoms with Crippen LogP contribution in [0.4, 0.5) is 11.5 Å². The van der Waals surface area contributed by atoms with Gasteiger partial charge in [-0.2, -0.15) is 5.10 Å². The summed E-state index contributed by atoms with van der Waals surface area (Å²) in [6.07, 6.45) is 4.55. The van der Waals surface area contributed by atoms with Crippen molar-refractivity contribution >= 4 is 11.5 Å². The predicted molar refractivity (Wildman–Crippen MR) is 76.8 cm³/mol. The van der Waals surface area contributed by atoms with Crippen LogP contribution in [0.25, 0.3) is 0 Å². The molecule has 0 saturated carbocycles. The minimum absolute atomic E-state index is 0.556. The zero-order chi connectivity index (χ0) is 13.3. The Balaban J connectivity index is 2.27. The zero-order valence-corrected chi connectivity index (χ0v) is 12.1. The molecule has 0 radical (unpaired) electrons. The average molecular weight is 250 g/mol. The molecule has 2 N–H and O–H groups in total. The molecule has 0 aliphatic carbocycles. The molecule has 1 aromatic heterocycles. The third-order valence-electron chi connectivity index (χ3n) is 4.03. The van der Waals surface area contributed by atoms with Crippen LogP contribution in [0.2, 0.25) is 0 Å². The van der Waals surface area contributed by atoms with Gasteiger partial charge in [-0.15, -0.1) is 0 Å². The number of aryl methyl sites for hydroxylation is 2. The number of rotatable bonds is 3. The van der Waals surface area contributed by atoms with E-state index in [0.717, 1.165) is 42.5 Å². The number of nitrogen functional groups attached to an aromatic ring is 1. The molecule has 2 unspecified atom stereocenters. The maximum Gasteiger partial charge on any atom is 0.150 e. The summed E-state index contributed by atoms with van der Waals surface area (Å²) in [5.74, 6) is 1.94. The topological polar surface area (TPSA) is 47.1 Å². The number of anilines is 2. The number of hydrogen-bond acceptors (Lipinski definition) is 3. The largest absolute Gasteiger partial charge is 0.394 e. The fourth-order valence-corrected chi connectivity index (χ4v) is 3.07. The van der Waals surface area contributed by atoms with Crippen molar-refractivity contribution in [1.29, 1.82) is 0 Å². The second-order valence-corrected chi connectivity index (χ2v) is 5.73. The average Bonchev–Trinajstić information content (AvgIpc) is 2.56. The molecule has 4 heteroatoms. The van der Waals surface area contributed by atoms with Crippen molar-refractivity contribution in [1.82, 2.24) is 9.78 Å². The number of piperidine rings is 1. The predicted octanol–water partition coefficient (Wildman–Crippen LogP) is 2.58. The summed E-state index contributed by atoms with van der Waals surface area (Å²) in [4.78, 5) is 2.43. The highest BCUT2D eigenvalue weighted by Crippen LogP contribution is 2.33. The second kappa shape index (κ2) is 5.21. The Kier molecular flexibility index (Phi) is 3.83. The van der Waals surface area contributed by atoms with E-state index < -0.39 is 0 Å². The van der Waals surface area contributed by atoms with Gasteiger partial charge in [0.2, 0.25) is 0 Å². The van der Waals surface area contributed by atoms with Gasteiger partial charge in [-0.05, 0) is 32.1 Å². The first kappa shape index (κ1) is 13.2. The van der Waals surface area contributed by atoms with E-state index in [2.05, 4.69) is 30.8 Å². The van der Waals surface area contributed by atoms with Crippen molar-refractivity contribution in [3.8, 4) is 0 Å². The molecule has 4 nitrogen and oxygen atoms in total. The Morgan fingerprint density at radius 2 is 2.11 bits per heavy atom. The normalized spacial score (nSPS) is 24.6. The van der Waals surface area contributed by atoms with Crippen LogP contribution < -0.4 is 10.6 Å². The SMILES string of the molecule is CCCc1nn(C)c(N2CCC(C)CC2C)c1N. The Bertz CT molecular complexity index is 410. The van der Waals surface area contributed by atoms with Gasteiger partial charge in [-0.25, -0.2) is 0 Å². The van der Waals surface area contributed by atoms with Gasteiger partial charge >= 0.3 is 0 Å². The summed E-state index contributed by atoms with van der Waals surface area (Å²) in [5.41, 5.74) is 8.24. The maximum atomic E-state index is 6.29. The molecule has 0 aromatic carbocycles. The molecule has 18 heavy (non-hydrogen) atoms. The summed E-state index contributed by atoms with van der Waals surface area (Å²) in [7, 11) is 2.01. The summed E-state index contributed by atoms with van der Waals surface area (Å²) in [5, 5.41) is 4.58. The van der Waals surface area contributed by atoms with Crippen LogP contribution in [0.15, 0.2) is 0 Å². The van der Waals surface area contributed by atoms with E-state index in [9.17, 15) is 0 Å². The van der Waals surface area contributed by atoms with E-state index in [1.54, 1.807) is 0 Å². The second-order valence-electron chi connectivity index (χ2n) is 5.73. The van der Waals surface area contributed by atoms with Crippen LogP contribution in [0.1, 0.15) is 45.7 Å². The molecular formula is C14H26N4. The molecule has 1 fully saturated rings. The van der Waals surface area contributed by atoms with Crippen molar-refractivity contribution in [2.75, 3.05) is 17.2 Å². The molecular weight excluding hydrogens is 224 g/mol. The molecule has 0 spiro atoms. The van der Waals surface area contributed by atoms with E-state index >= 15 is 0 Å². The van der Waals surface area contributed by atoms with Crippen molar-refractivity contribution in [2.24, 2.45) is 13.0 Å². The lowest BCUT2D eigenvalue weighted by Crippen LogP contribution is -2.41. The minimum Gasteiger partial charge on any atom is -0.394 e. The smallest absolute Gasteiger partial charge is 0.150 e. The van der Waals surface area contributed by atoms with Crippen molar-refractivity contribution in [2.45, 2.75) is 52.5 Å². The van der Waals surface area contributed by atoms with Crippen molar-refractivity contribution in [3.63, 3.8) is 0 Å². The first-order valence-corrected chi connectivity index (χ1v) is 7.12. The van der Waals surface area contributed by atoms with Crippen LogP contribution in [-0.2, 0) is 13.5 Å². The monoisotopic (exact) mass is 250 g/mol. The van der Waals surface area contributed by atoms with Gasteiger partial charge < -0.3 is 10.6 Å². The zero-order valence-electron chi connectivity index (χ0n) is 12.1. The van der Waals surface area contributed by atoms with E-state index in [4.69, 9.17) is 5.73 Å². The van der Waals surface area contributed by atoms with E-state index in [1.807, 2.05) is 11.7 Å². The number of aromatic nitrogens is 2. The fourth-order valence-electron chi connectivity index (χ4n) is 3.07. The lowest BCUT2D eigenvalue weighted by Gasteiger charge is -2.38. The van der Waals surface area contributed by atoms with Crippen LogP contribution in [-0.4, -0.2) is 22.4 Å². The molecule has 1 saturated heterocycles. The summed E-state index contributed by atoms with van der Waals surface area (Å²) < 4.78 is 1.97. The third kappa shape index (κ3) is 2.33. The highest BCUT2D eigenvalue weighted by Gasteiger charge is 2.27. The maximum absolute atomic E-state index is 6.29. The lowest BCUT2D eigenvalue weighted by molar-refractivity contribution is 0.373. The highest BCUT2D eigenvalue weighted by atomic mass is 15.4. The van der Waals surface area contributed by atoms with Crippen LogP contribution in [0.5, 0.6) is 0 Å². The molecule has 1 aliphatic heterocycles. The standard InChI is InChI=1S/C14H26N4/c1-5-6-12-13(15)14(17(4)16-12)18-8-7-10(2)9-11(18)3/h10-11H,5-9,15H2,1-4H3. The van der Waals surface area contributed by atoms with Crippen LogP contribution in [0, 0.1) is 5.92 Å². The van der Waals surface area contributed by atoms with Gasteiger partial charge in [0.15, 0.2) is 5.82 Å². The first-order valence-electron chi connectivity index (χ1n) is 7.12. The number of nitrogens with zero attached hydrogens (tertiary/aromatic N) is 3. The van der Waals surface area contributed by atoms with Gasteiger partial charge in [-0.1, -0.05) is 20.3 Å². The Morgan fingerprint density at radius 1 is 1.39 bits per heavy atom. The molecule has 1 aromatic rings. The fraction of sp³-hybridized carbons (Fsp3) is 0.786. The van der Waals surface area contributed by atoms with Crippen molar-refractivity contribution < 1.29 is 0 Å². The third-order valence-corrected chi connectivity index (χ3v) is 4.03. The van der Waals surface area contributed by atoms with E-state index in [1.165, 1.54) is 12.8 Å². The van der Waals surface area contributed by atoms with E-state index in [0.29, 0.717) is 6.04 Å². The Hall–Kier alpha value is -1.19. The quantitative estimate of drug-likeness (QED) is 0.897. The molecule has 2 rings (SSSR count). The molecule has 2 atom stereocenters. The van der Waals surface area contributed by atoms with Crippen molar-refractivity contribution in [3.05, 3.63) is 5.69 Å². The summed E-state index contributed by atoms with van der Waals surface area (Å²) >= 11 is 0. The van der Waals surface area contributed by atoms with Gasteiger partial charge in [0.05, 0.1) is 11.4 Å². The van der Waals surface area contributed by atoms with Gasteiger partial charge in [0.25, 0.3) is 0 Å².